The van der Waals surface area contributed by atoms with Crippen molar-refractivity contribution in [2.24, 2.45) is 5.92 Å². The van der Waals surface area contributed by atoms with Gasteiger partial charge in [-0.05, 0) is 13.0 Å². The summed E-state index contributed by atoms with van der Waals surface area (Å²) in [4.78, 5) is 0. The molecule has 0 aromatic carbocycles. The number of β-amino-alcohol motifs (C(OH)–C–C–N with tert-alkyl or cyclic N) is 1. The minimum absolute atomic E-state index is 0.147. The predicted molar refractivity (Wildman–Crippen MR) is 32.6 cm³/mol. The second-order valence-electron chi connectivity index (χ2n) is 2.30. The first-order valence-corrected chi connectivity index (χ1v) is 3.13. The molecule has 1 saturated heterocycles. The fourth-order valence-electron chi connectivity index (χ4n) is 0.993. The highest BCUT2D eigenvalue weighted by Crippen LogP contribution is 2.09. The van der Waals surface area contributed by atoms with Gasteiger partial charge in [0, 0.05) is 6.54 Å². The van der Waals surface area contributed by atoms with Crippen LogP contribution in [-0.2, 0) is 0 Å². The van der Waals surface area contributed by atoms with Crippen molar-refractivity contribution in [3.8, 4) is 6.07 Å². The van der Waals surface area contributed by atoms with Crippen molar-refractivity contribution in [1.29, 1.82) is 5.26 Å². The number of aliphatic hydroxyl groups excluding tert-OH is 1. The third-order valence-electron chi connectivity index (χ3n) is 1.62. The highest BCUT2D eigenvalue weighted by molar-refractivity contribution is 4.92. The Morgan fingerprint density at radius 2 is 2.44 bits per heavy atom. The molecule has 9 heavy (non-hydrogen) atoms. The van der Waals surface area contributed by atoms with Crippen LogP contribution in [0, 0.1) is 17.2 Å². The molecule has 1 aliphatic rings. The second-order valence-corrected chi connectivity index (χ2v) is 2.30. The van der Waals surface area contributed by atoms with Gasteiger partial charge in [-0.1, -0.05) is 0 Å². The number of rotatable bonds is 0. The smallest absolute Gasteiger partial charge is 0.0822 e. The molecule has 0 aromatic heterocycles. The first-order valence-electron chi connectivity index (χ1n) is 3.13. The van der Waals surface area contributed by atoms with E-state index in [1.165, 1.54) is 0 Å². The number of hydrogen-bond acceptors (Lipinski definition) is 3. The Hall–Kier alpha value is -0.590. The molecule has 2 atom stereocenters. The zero-order valence-electron chi connectivity index (χ0n) is 5.17. The fourth-order valence-corrected chi connectivity index (χ4v) is 0.993. The minimum atomic E-state index is -0.455. The fraction of sp³-hybridized carbons (Fsp3) is 0.833. The van der Waals surface area contributed by atoms with Gasteiger partial charge in [0.25, 0.3) is 0 Å². The summed E-state index contributed by atoms with van der Waals surface area (Å²) >= 11 is 0. The monoisotopic (exact) mass is 126 g/mol. The lowest BCUT2D eigenvalue weighted by Gasteiger charge is -2.22. The third kappa shape index (κ3) is 1.41. The number of nitrogens with one attached hydrogen (secondary N) is 1. The van der Waals surface area contributed by atoms with Crippen LogP contribution in [0.5, 0.6) is 0 Å². The number of hydrogen-bond donors (Lipinski definition) is 2. The molecule has 0 unspecified atom stereocenters. The van der Waals surface area contributed by atoms with E-state index in [9.17, 15) is 0 Å². The first-order chi connectivity index (χ1) is 4.34. The Morgan fingerprint density at radius 1 is 1.67 bits per heavy atom. The number of piperidine rings is 1. The van der Waals surface area contributed by atoms with Gasteiger partial charge in [0.1, 0.15) is 0 Å². The summed E-state index contributed by atoms with van der Waals surface area (Å²) in [7, 11) is 0. The molecule has 0 radical (unpaired) electrons. The molecule has 0 spiro atoms. The molecular formula is C6H10N2O. The van der Waals surface area contributed by atoms with Gasteiger partial charge < -0.3 is 10.4 Å². The molecule has 0 saturated carbocycles. The molecule has 2 N–H and O–H groups in total. The molecule has 0 aromatic rings. The normalized spacial score (nSPS) is 35.6. The van der Waals surface area contributed by atoms with Crippen molar-refractivity contribution in [1.82, 2.24) is 5.32 Å². The van der Waals surface area contributed by atoms with Crippen LogP contribution in [0.25, 0.3) is 0 Å². The predicted octanol–water partition coefficient (Wildman–Crippen LogP) is -0.520. The van der Waals surface area contributed by atoms with Gasteiger partial charge in [0.2, 0.25) is 0 Å². The van der Waals surface area contributed by atoms with Crippen molar-refractivity contribution in [2.75, 3.05) is 13.1 Å². The number of nitriles is 1. The van der Waals surface area contributed by atoms with Gasteiger partial charge in [-0.15, -0.1) is 0 Å². The summed E-state index contributed by atoms with van der Waals surface area (Å²) in [5, 5.41) is 20.5. The molecular weight excluding hydrogens is 116 g/mol. The molecule has 3 nitrogen and oxygen atoms in total. The van der Waals surface area contributed by atoms with Crippen molar-refractivity contribution >= 4 is 0 Å². The van der Waals surface area contributed by atoms with Crippen molar-refractivity contribution in [3.63, 3.8) is 0 Å². The molecule has 3 heteroatoms. The SMILES string of the molecule is N#C[C@@H]1CCNC[C@@H]1O. The van der Waals surface area contributed by atoms with E-state index in [-0.39, 0.29) is 5.92 Å². The van der Waals surface area contributed by atoms with Gasteiger partial charge >= 0.3 is 0 Å². The molecule has 1 rings (SSSR count). The van der Waals surface area contributed by atoms with E-state index in [0.717, 1.165) is 13.0 Å². The molecule has 1 fully saturated rings. The summed E-state index contributed by atoms with van der Waals surface area (Å²) in [6.45, 7) is 1.42. The third-order valence-corrected chi connectivity index (χ3v) is 1.62. The lowest BCUT2D eigenvalue weighted by atomic mass is 9.97. The van der Waals surface area contributed by atoms with Crippen LogP contribution < -0.4 is 5.32 Å². The van der Waals surface area contributed by atoms with E-state index in [1.54, 1.807) is 0 Å². The zero-order chi connectivity index (χ0) is 6.69. The second kappa shape index (κ2) is 2.81. The Morgan fingerprint density at radius 3 is 2.89 bits per heavy atom. The largest absolute Gasteiger partial charge is 0.390 e. The highest BCUT2D eigenvalue weighted by Gasteiger charge is 2.21. The summed E-state index contributed by atoms with van der Waals surface area (Å²) in [5.41, 5.74) is 0. The average molecular weight is 126 g/mol. The highest BCUT2D eigenvalue weighted by atomic mass is 16.3. The van der Waals surface area contributed by atoms with E-state index >= 15 is 0 Å². The van der Waals surface area contributed by atoms with Crippen LogP contribution in [0.2, 0.25) is 0 Å². The van der Waals surface area contributed by atoms with Crippen LogP contribution in [0.3, 0.4) is 0 Å². The molecule has 0 amide bonds. The van der Waals surface area contributed by atoms with E-state index in [4.69, 9.17) is 10.4 Å². The van der Waals surface area contributed by atoms with Gasteiger partial charge in [-0.3, -0.25) is 0 Å². The van der Waals surface area contributed by atoms with E-state index < -0.39 is 6.10 Å². The van der Waals surface area contributed by atoms with E-state index in [1.807, 2.05) is 0 Å². The quantitative estimate of drug-likeness (QED) is 0.459. The van der Waals surface area contributed by atoms with Crippen molar-refractivity contribution in [2.45, 2.75) is 12.5 Å². The van der Waals surface area contributed by atoms with Gasteiger partial charge in [-0.2, -0.15) is 5.26 Å². The molecule has 1 aliphatic heterocycles. The van der Waals surface area contributed by atoms with Crippen LogP contribution in [0.15, 0.2) is 0 Å². The van der Waals surface area contributed by atoms with Gasteiger partial charge in [0.15, 0.2) is 0 Å². The Bertz CT molecular complexity index is 130. The van der Waals surface area contributed by atoms with Crippen LogP contribution >= 0.6 is 0 Å². The maximum Gasteiger partial charge on any atom is 0.0822 e. The maximum atomic E-state index is 9.08. The Labute approximate surface area is 54.3 Å². The van der Waals surface area contributed by atoms with E-state index in [2.05, 4.69) is 11.4 Å². The summed E-state index contributed by atoms with van der Waals surface area (Å²) in [6, 6.07) is 2.06. The lowest BCUT2D eigenvalue weighted by molar-refractivity contribution is 0.108. The zero-order valence-corrected chi connectivity index (χ0v) is 5.17. The first kappa shape index (κ1) is 6.53. The standard InChI is InChI=1S/C6H10N2O/c7-3-5-1-2-8-4-6(5)9/h5-6,8-9H,1-2,4H2/t5-,6-/m0/s1. The lowest BCUT2D eigenvalue weighted by Crippen LogP contribution is -2.39. The summed E-state index contributed by atoms with van der Waals surface area (Å²) in [6.07, 6.45) is 0.321. The van der Waals surface area contributed by atoms with Gasteiger partial charge in [0.05, 0.1) is 18.1 Å². The molecule has 0 bridgehead atoms. The van der Waals surface area contributed by atoms with Gasteiger partial charge in [-0.25, -0.2) is 0 Å². The molecule has 0 aliphatic carbocycles. The van der Waals surface area contributed by atoms with Crippen LogP contribution in [0.4, 0.5) is 0 Å². The van der Waals surface area contributed by atoms with Crippen LogP contribution in [-0.4, -0.2) is 24.3 Å². The van der Waals surface area contributed by atoms with Crippen molar-refractivity contribution in [3.05, 3.63) is 0 Å². The van der Waals surface area contributed by atoms with Crippen LogP contribution in [0.1, 0.15) is 6.42 Å². The van der Waals surface area contributed by atoms with E-state index in [0.29, 0.717) is 6.54 Å². The average Bonchev–Trinajstić information content (AvgIpc) is 1.89. The maximum absolute atomic E-state index is 9.08. The Kier molecular flexibility index (Phi) is 2.04. The molecule has 50 valence electrons. The topological polar surface area (TPSA) is 56.0 Å². The Balaban J connectivity index is 2.41. The number of aliphatic hydroxyl groups is 1. The number of nitrogens with zero attached hydrogens (tertiary/aromatic N) is 1. The summed E-state index contributed by atoms with van der Waals surface area (Å²) < 4.78 is 0. The summed E-state index contributed by atoms with van der Waals surface area (Å²) in [5.74, 6) is -0.147. The molecule has 1 heterocycles. The van der Waals surface area contributed by atoms with Crippen molar-refractivity contribution < 1.29 is 5.11 Å². The minimum Gasteiger partial charge on any atom is -0.390 e.